The van der Waals surface area contributed by atoms with Crippen molar-refractivity contribution in [2.45, 2.75) is 12.5 Å². The van der Waals surface area contributed by atoms with Crippen LogP contribution in [0.4, 0.5) is 0 Å². The predicted octanol–water partition coefficient (Wildman–Crippen LogP) is 2.37. The number of hydrogen-bond donors (Lipinski definition) is 0. The summed E-state index contributed by atoms with van der Waals surface area (Å²) in [6.07, 6.45) is 3.88. The van der Waals surface area contributed by atoms with Crippen LogP contribution in [0.5, 0.6) is 11.5 Å². The van der Waals surface area contributed by atoms with Crippen LogP contribution in [0.25, 0.3) is 0 Å². The molecular weight excluding hydrogens is 206 g/mol. The zero-order chi connectivity index (χ0) is 11.4. The molecular formula is C12H11NO3. The standard InChI is InChI=1S/C12H11NO3/c1-2-3-10(13-7-14)9-4-5-11-12(6-9)16-8-15-11/h2,4-6,10H,1,3,8H2/t10-/m1/s1. The molecule has 1 heterocycles. The molecule has 4 nitrogen and oxygen atoms in total. The number of rotatable bonds is 4. The van der Waals surface area contributed by atoms with Gasteiger partial charge in [0.1, 0.15) is 0 Å². The van der Waals surface area contributed by atoms with E-state index in [0.717, 1.165) is 11.3 Å². The molecule has 0 aromatic heterocycles. The average Bonchev–Trinajstić information content (AvgIpc) is 2.75. The van der Waals surface area contributed by atoms with Gasteiger partial charge < -0.3 is 9.47 Å². The lowest BCUT2D eigenvalue weighted by atomic mass is 10.0. The predicted molar refractivity (Wildman–Crippen MR) is 58.2 cm³/mol. The average molecular weight is 217 g/mol. The summed E-state index contributed by atoms with van der Waals surface area (Å²) < 4.78 is 10.5. The molecule has 0 spiro atoms. The van der Waals surface area contributed by atoms with Crippen molar-refractivity contribution in [2.24, 2.45) is 4.99 Å². The normalized spacial score (nSPS) is 14.0. The van der Waals surface area contributed by atoms with Gasteiger partial charge >= 0.3 is 0 Å². The van der Waals surface area contributed by atoms with Gasteiger partial charge in [-0.25, -0.2) is 4.79 Å². The quantitative estimate of drug-likeness (QED) is 0.442. The first-order valence-corrected chi connectivity index (χ1v) is 4.92. The second kappa shape index (κ2) is 4.64. The molecule has 0 bridgehead atoms. The monoisotopic (exact) mass is 217 g/mol. The molecule has 0 N–H and O–H groups in total. The van der Waals surface area contributed by atoms with E-state index in [0.29, 0.717) is 12.2 Å². The van der Waals surface area contributed by atoms with E-state index in [1.165, 1.54) is 0 Å². The molecule has 16 heavy (non-hydrogen) atoms. The molecule has 0 unspecified atom stereocenters. The number of aliphatic imine (C=N–C) groups is 1. The van der Waals surface area contributed by atoms with Gasteiger partial charge in [0, 0.05) is 0 Å². The number of nitrogens with zero attached hydrogens (tertiary/aromatic N) is 1. The first-order valence-electron chi connectivity index (χ1n) is 4.92. The van der Waals surface area contributed by atoms with Crippen molar-refractivity contribution >= 4 is 6.08 Å². The summed E-state index contributed by atoms with van der Waals surface area (Å²) in [5.74, 6) is 1.41. The maximum absolute atomic E-state index is 10.3. The minimum absolute atomic E-state index is 0.238. The Morgan fingerprint density at radius 3 is 3.06 bits per heavy atom. The molecule has 0 radical (unpaired) electrons. The molecule has 1 aromatic carbocycles. The first kappa shape index (κ1) is 10.5. The molecule has 82 valence electrons. The highest BCUT2D eigenvalue weighted by molar-refractivity contribution is 5.46. The fraction of sp³-hybridized carbons (Fsp3) is 0.250. The van der Waals surface area contributed by atoms with Crippen molar-refractivity contribution in [2.75, 3.05) is 6.79 Å². The lowest BCUT2D eigenvalue weighted by Gasteiger charge is -2.08. The van der Waals surface area contributed by atoms with Crippen LogP contribution in [0.1, 0.15) is 18.0 Å². The maximum Gasteiger partial charge on any atom is 0.235 e. The molecule has 1 aliphatic rings. The van der Waals surface area contributed by atoms with Crippen molar-refractivity contribution in [3.8, 4) is 11.5 Å². The summed E-state index contributed by atoms with van der Waals surface area (Å²) in [6, 6.07) is 5.26. The summed E-state index contributed by atoms with van der Waals surface area (Å²) >= 11 is 0. The number of benzene rings is 1. The fourth-order valence-corrected chi connectivity index (χ4v) is 1.61. The van der Waals surface area contributed by atoms with Crippen LogP contribution < -0.4 is 9.47 Å². The summed E-state index contributed by atoms with van der Waals surface area (Å²) in [5.41, 5.74) is 0.896. The number of carbonyl (C=O) groups excluding carboxylic acids is 1. The Balaban J connectivity index is 2.31. The SMILES string of the molecule is C=CC[C@@H](N=C=O)c1ccc2c(c1)OCO2. The first-order chi connectivity index (χ1) is 7.85. The Kier molecular flexibility index (Phi) is 3.03. The molecule has 2 rings (SSSR count). The zero-order valence-corrected chi connectivity index (χ0v) is 8.68. The Morgan fingerprint density at radius 2 is 2.31 bits per heavy atom. The second-order valence-corrected chi connectivity index (χ2v) is 3.37. The molecule has 1 aromatic rings. The molecule has 4 heteroatoms. The van der Waals surface area contributed by atoms with E-state index in [1.807, 2.05) is 18.2 Å². The Labute approximate surface area is 93.2 Å². The van der Waals surface area contributed by atoms with Crippen LogP contribution in [0.2, 0.25) is 0 Å². The van der Waals surface area contributed by atoms with Gasteiger partial charge in [-0.2, -0.15) is 4.99 Å². The largest absolute Gasteiger partial charge is 0.454 e. The highest BCUT2D eigenvalue weighted by Gasteiger charge is 2.16. The van der Waals surface area contributed by atoms with Crippen LogP contribution in [-0.2, 0) is 4.79 Å². The van der Waals surface area contributed by atoms with Gasteiger partial charge in [0.2, 0.25) is 12.9 Å². The van der Waals surface area contributed by atoms with Gasteiger partial charge in [-0.15, -0.1) is 6.58 Å². The third-order valence-electron chi connectivity index (χ3n) is 2.38. The third-order valence-corrected chi connectivity index (χ3v) is 2.38. The molecule has 1 aliphatic heterocycles. The third kappa shape index (κ3) is 1.97. The van der Waals surface area contributed by atoms with Gasteiger partial charge in [0.15, 0.2) is 11.5 Å². The van der Waals surface area contributed by atoms with E-state index >= 15 is 0 Å². The van der Waals surface area contributed by atoms with Gasteiger partial charge in [0.05, 0.1) is 6.04 Å². The minimum atomic E-state index is -0.246. The Morgan fingerprint density at radius 1 is 1.50 bits per heavy atom. The van der Waals surface area contributed by atoms with Crippen LogP contribution in [0.15, 0.2) is 35.8 Å². The molecule has 0 amide bonds. The molecule has 0 saturated carbocycles. The van der Waals surface area contributed by atoms with Crippen LogP contribution in [0.3, 0.4) is 0 Å². The fourth-order valence-electron chi connectivity index (χ4n) is 1.61. The van der Waals surface area contributed by atoms with Crippen molar-refractivity contribution in [1.29, 1.82) is 0 Å². The number of fused-ring (bicyclic) bond motifs is 1. The number of hydrogen-bond acceptors (Lipinski definition) is 4. The summed E-state index contributed by atoms with van der Waals surface area (Å²) in [4.78, 5) is 14.1. The van der Waals surface area contributed by atoms with Crippen molar-refractivity contribution in [3.05, 3.63) is 36.4 Å². The van der Waals surface area contributed by atoms with Gasteiger partial charge in [-0.3, -0.25) is 0 Å². The molecule has 0 saturated heterocycles. The molecule has 1 atom stereocenters. The molecule has 0 aliphatic carbocycles. The smallest absolute Gasteiger partial charge is 0.235 e. The van der Waals surface area contributed by atoms with Gasteiger partial charge in [0.25, 0.3) is 0 Å². The zero-order valence-electron chi connectivity index (χ0n) is 8.68. The van der Waals surface area contributed by atoms with E-state index < -0.39 is 0 Å². The van der Waals surface area contributed by atoms with Gasteiger partial charge in [-0.1, -0.05) is 12.1 Å². The topological polar surface area (TPSA) is 47.9 Å². The highest BCUT2D eigenvalue weighted by Crippen LogP contribution is 2.35. The summed E-state index contributed by atoms with van der Waals surface area (Å²) in [5, 5.41) is 0. The second-order valence-electron chi connectivity index (χ2n) is 3.37. The lowest BCUT2D eigenvalue weighted by molar-refractivity contribution is 0.174. The Bertz CT molecular complexity index is 450. The van der Waals surface area contributed by atoms with Crippen LogP contribution >= 0.6 is 0 Å². The van der Waals surface area contributed by atoms with E-state index in [1.54, 1.807) is 12.2 Å². The summed E-state index contributed by atoms with van der Waals surface area (Å²) in [7, 11) is 0. The van der Waals surface area contributed by atoms with Crippen LogP contribution in [0, 0.1) is 0 Å². The van der Waals surface area contributed by atoms with Crippen LogP contribution in [-0.4, -0.2) is 12.9 Å². The maximum atomic E-state index is 10.3. The molecule has 0 fully saturated rings. The van der Waals surface area contributed by atoms with Gasteiger partial charge in [-0.05, 0) is 24.1 Å². The lowest BCUT2D eigenvalue weighted by Crippen LogP contribution is -1.94. The highest BCUT2D eigenvalue weighted by atomic mass is 16.7. The van der Waals surface area contributed by atoms with E-state index in [4.69, 9.17) is 9.47 Å². The van der Waals surface area contributed by atoms with Crippen molar-refractivity contribution in [1.82, 2.24) is 0 Å². The van der Waals surface area contributed by atoms with E-state index in [-0.39, 0.29) is 12.8 Å². The summed E-state index contributed by atoms with van der Waals surface area (Å²) in [6.45, 7) is 3.87. The number of ether oxygens (including phenoxy) is 2. The number of isocyanates is 1. The minimum Gasteiger partial charge on any atom is -0.454 e. The van der Waals surface area contributed by atoms with E-state index in [9.17, 15) is 4.79 Å². The van der Waals surface area contributed by atoms with Crippen molar-refractivity contribution < 1.29 is 14.3 Å². The van der Waals surface area contributed by atoms with Crippen molar-refractivity contribution in [3.63, 3.8) is 0 Å². The Hall–Kier alpha value is -2.06. The van der Waals surface area contributed by atoms with E-state index in [2.05, 4.69) is 11.6 Å².